The molecule has 1 N–H and O–H groups in total. The summed E-state index contributed by atoms with van der Waals surface area (Å²) in [7, 11) is 0. The van der Waals surface area contributed by atoms with Gasteiger partial charge >= 0.3 is 0 Å². The minimum atomic E-state index is -0.708. The zero-order valence-corrected chi connectivity index (χ0v) is 14.9. The highest BCUT2D eigenvalue weighted by molar-refractivity contribution is 5.92. The first-order chi connectivity index (χ1) is 10.6. The molecule has 0 spiro atoms. The molecule has 3 nitrogen and oxygen atoms in total. The third-order valence-corrected chi connectivity index (χ3v) is 8.06. The summed E-state index contributed by atoms with van der Waals surface area (Å²) in [5.41, 5.74) is -1.41. The van der Waals surface area contributed by atoms with Gasteiger partial charge in [-0.15, -0.1) is 6.58 Å². The van der Waals surface area contributed by atoms with Crippen LogP contribution in [0.1, 0.15) is 59.8 Å². The van der Waals surface area contributed by atoms with E-state index in [-0.39, 0.29) is 34.7 Å². The van der Waals surface area contributed by atoms with Crippen molar-refractivity contribution in [2.45, 2.75) is 65.9 Å². The lowest BCUT2D eigenvalue weighted by Crippen LogP contribution is -2.61. The molecule has 23 heavy (non-hydrogen) atoms. The molecule has 3 unspecified atom stereocenters. The number of Topliss-reactive ketones (excluding diaryl/α,β-unsaturated/α-hetero) is 2. The van der Waals surface area contributed by atoms with Crippen molar-refractivity contribution >= 4 is 11.6 Å². The summed E-state index contributed by atoms with van der Waals surface area (Å²) in [5, 5.41) is 11.1. The quantitative estimate of drug-likeness (QED) is 0.752. The topological polar surface area (TPSA) is 54.4 Å². The molecule has 0 aromatic heterocycles. The Morgan fingerprint density at radius 3 is 2.48 bits per heavy atom. The van der Waals surface area contributed by atoms with Gasteiger partial charge in [-0.25, -0.2) is 0 Å². The number of aliphatic hydroxyl groups is 1. The van der Waals surface area contributed by atoms with Crippen molar-refractivity contribution in [2.75, 3.05) is 0 Å². The van der Waals surface area contributed by atoms with Gasteiger partial charge in [0.25, 0.3) is 0 Å². The number of carbonyl (C=O) groups excluding carboxylic acids is 2. The molecular weight excluding hydrogens is 288 g/mol. The molecule has 0 amide bonds. The molecule has 7 atom stereocenters. The van der Waals surface area contributed by atoms with Crippen LogP contribution in [-0.4, -0.2) is 22.8 Å². The van der Waals surface area contributed by atoms with Crippen LogP contribution >= 0.6 is 0 Å². The van der Waals surface area contributed by atoms with E-state index in [2.05, 4.69) is 20.4 Å². The Kier molecular flexibility index (Phi) is 3.68. The second-order valence-electron chi connectivity index (χ2n) is 8.87. The Labute approximate surface area is 139 Å². The Morgan fingerprint density at radius 1 is 1.22 bits per heavy atom. The van der Waals surface area contributed by atoms with E-state index < -0.39 is 16.9 Å². The monoisotopic (exact) mass is 318 g/mol. The van der Waals surface area contributed by atoms with Crippen molar-refractivity contribution in [3.63, 3.8) is 0 Å². The number of rotatable bonds is 1. The minimum Gasteiger partial charge on any atom is -0.392 e. The highest BCUT2D eigenvalue weighted by Gasteiger charge is 2.67. The molecule has 0 aromatic carbocycles. The largest absolute Gasteiger partial charge is 0.392 e. The van der Waals surface area contributed by atoms with Crippen molar-refractivity contribution in [1.82, 2.24) is 0 Å². The van der Waals surface area contributed by atoms with Crippen LogP contribution in [0.3, 0.4) is 0 Å². The first kappa shape index (κ1) is 16.9. The van der Waals surface area contributed by atoms with Gasteiger partial charge in [0.2, 0.25) is 0 Å². The number of hydrogen-bond acceptors (Lipinski definition) is 3. The lowest BCUT2D eigenvalue weighted by Gasteiger charge is -2.59. The Bertz CT molecular complexity index is 567. The molecule has 2 bridgehead atoms. The average Bonchev–Trinajstić information content (AvgIpc) is 2.87. The highest BCUT2D eigenvalue weighted by Crippen LogP contribution is 2.66. The maximum atomic E-state index is 13.2. The van der Waals surface area contributed by atoms with E-state index in [0.29, 0.717) is 12.8 Å². The molecule has 0 heterocycles. The normalized spacial score (nSPS) is 53.4. The molecule has 3 aliphatic rings. The summed E-state index contributed by atoms with van der Waals surface area (Å²) in [5.74, 6) is 0.373. The van der Waals surface area contributed by atoms with E-state index in [1.165, 1.54) is 0 Å². The number of hydrogen-bond donors (Lipinski definition) is 1. The standard InChI is InChI=1S/C20H30O3/c1-6-18(4)11-15(22)19(5)12(2)7-9-20(13(3)17(18)23)10-8-14(21)16(19)20/h6,12-13,15-16,22H,1,7-11H2,2-5H3/t12?,13-,15+,16-,18+,19?,20?/m0/s1. The summed E-state index contributed by atoms with van der Waals surface area (Å²) >= 11 is 0. The van der Waals surface area contributed by atoms with Gasteiger partial charge in [0.05, 0.1) is 6.10 Å². The molecule has 0 aliphatic heterocycles. The maximum Gasteiger partial charge on any atom is 0.145 e. The summed E-state index contributed by atoms with van der Waals surface area (Å²) in [6, 6.07) is 0. The van der Waals surface area contributed by atoms with Crippen LogP contribution in [0.15, 0.2) is 12.7 Å². The van der Waals surface area contributed by atoms with Gasteiger partial charge in [0, 0.05) is 29.1 Å². The Hall–Kier alpha value is -0.960. The summed E-state index contributed by atoms with van der Waals surface area (Å²) in [4.78, 5) is 26.1. The minimum absolute atomic E-state index is 0.152. The van der Waals surface area contributed by atoms with Crippen molar-refractivity contribution in [2.24, 2.45) is 34.0 Å². The van der Waals surface area contributed by atoms with E-state index >= 15 is 0 Å². The van der Waals surface area contributed by atoms with Gasteiger partial charge in [0.1, 0.15) is 11.6 Å². The van der Waals surface area contributed by atoms with Crippen molar-refractivity contribution in [3.8, 4) is 0 Å². The van der Waals surface area contributed by atoms with Crippen LogP contribution in [0.2, 0.25) is 0 Å². The third-order valence-electron chi connectivity index (χ3n) is 8.06. The van der Waals surface area contributed by atoms with E-state index in [4.69, 9.17) is 0 Å². The number of ketones is 2. The van der Waals surface area contributed by atoms with E-state index in [1.54, 1.807) is 6.08 Å². The van der Waals surface area contributed by atoms with Gasteiger partial charge in [0.15, 0.2) is 0 Å². The molecule has 128 valence electrons. The molecule has 3 saturated carbocycles. The predicted octanol–water partition coefficient (Wildman–Crippen LogP) is 3.55. The van der Waals surface area contributed by atoms with Crippen LogP contribution in [0, 0.1) is 34.0 Å². The zero-order chi connectivity index (χ0) is 17.2. The number of carbonyl (C=O) groups is 2. The second-order valence-corrected chi connectivity index (χ2v) is 8.87. The van der Waals surface area contributed by atoms with Crippen LogP contribution in [-0.2, 0) is 9.59 Å². The summed E-state index contributed by atoms with van der Waals surface area (Å²) in [6.07, 6.45) is 4.71. The zero-order valence-electron chi connectivity index (χ0n) is 14.9. The average molecular weight is 318 g/mol. The van der Waals surface area contributed by atoms with E-state index in [1.807, 2.05) is 13.8 Å². The molecule has 0 saturated heterocycles. The van der Waals surface area contributed by atoms with Crippen molar-refractivity contribution in [3.05, 3.63) is 12.7 Å². The Morgan fingerprint density at radius 2 is 1.87 bits per heavy atom. The van der Waals surface area contributed by atoms with Gasteiger partial charge < -0.3 is 5.11 Å². The van der Waals surface area contributed by atoms with Crippen LogP contribution < -0.4 is 0 Å². The molecule has 3 fully saturated rings. The number of allylic oxidation sites excluding steroid dienone is 1. The summed E-state index contributed by atoms with van der Waals surface area (Å²) in [6.45, 7) is 12.1. The van der Waals surface area contributed by atoms with Crippen molar-refractivity contribution < 1.29 is 14.7 Å². The van der Waals surface area contributed by atoms with E-state index in [9.17, 15) is 14.7 Å². The smallest absolute Gasteiger partial charge is 0.145 e. The molecule has 3 heteroatoms. The Balaban J connectivity index is 2.23. The molecular formula is C20H30O3. The van der Waals surface area contributed by atoms with Crippen LogP contribution in [0.4, 0.5) is 0 Å². The fourth-order valence-corrected chi connectivity index (χ4v) is 6.15. The fraction of sp³-hybridized carbons (Fsp3) is 0.800. The maximum absolute atomic E-state index is 13.2. The second kappa shape index (κ2) is 5.02. The molecule has 3 rings (SSSR count). The van der Waals surface area contributed by atoms with Crippen LogP contribution in [0.5, 0.6) is 0 Å². The fourth-order valence-electron chi connectivity index (χ4n) is 6.15. The van der Waals surface area contributed by atoms with Crippen LogP contribution in [0.25, 0.3) is 0 Å². The predicted molar refractivity (Wildman–Crippen MR) is 89.8 cm³/mol. The highest BCUT2D eigenvalue weighted by atomic mass is 16.3. The van der Waals surface area contributed by atoms with Gasteiger partial charge in [-0.3, -0.25) is 9.59 Å². The third kappa shape index (κ3) is 1.92. The number of aliphatic hydroxyl groups excluding tert-OH is 1. The molecule has 0 aromatic rings. The SMILES string of the molecule is C=C[C@]1(C)C[C@@H](O)C2(C)C(C)CCC3(CCC(=O)[C@H]32)[C@@H](C)C1=O. The lowest BCUT2D eigenvalue weighted by atomic mass is 9.44. The van der Waals surface area contributed by atoms with Gasteiger partial charge in [-0.1, -0.05) is 26.8 Å². The lowest BCUT2D eigenvalue weighted by molar-refractivity contribution is -0.175. The molecule has 3 aliphatic carbocycles. The van der Waals surface area contributed by atoms with E-state index in [0.717, 1.165) is 19.3 Å². The molecule has 0 radical (unpaired) electrons. The first-order valence-corrected chi connectivity index (χ1v) is 9.02. The van der Waals surface area contributed by atoms with Crippen molar-refractivity contribution in [1.29, 1.82) is 0 Å². The van der Waals surface area contributed by atoms with Gasteiger partial charge in [-0.05, 0) is 43.9 Å². The summed E-state index contributed by atoms with van der Waals surface area (Å²) < 4.78 is 0. The first-order valence-electron chi connectivity index (χ1n) is 9.02. The van der Waals surface area contributed by atoms with Gasteiger partial charge in [-0.2, -0.15) is 0 Å².